The van der Waals surface area contributed by atoms with Crippen molar-refractivity contribution in [1.29, 1.82) is 0 Å². The number of hydrogen-bond donors (Lipinski definition) is 1. The molecule has 0 bridgehead atoms. The summed E-state index contributed by atoms with van der Waals surface area (Å²) < 4.78 is 1.82. The van der Waals surface area contributed by atoms with Crippen molar-refractivity contribution in [1.82, 2.24) is 9.47 Å². The number of rotatable bonds is 7. The minimum absolute atomic E-state index is 0.0489. The van der Waals surface area contributed by atoms with Crippen LogP contribution in [0.3, 0.4) is 0 Å². The maximum Gasteiger partial charge on any atom is 0.193 e. The second-order valence-corrected chi connectivity index (χ2v) is 4.85. The fraction of sp³-hybridized carbons (Fsp3) is 0.312. The number of benzene rings is 1. The van der Waals surface area contributed by atoms with E-state index in [1.165, 1.54) is 0 Å². The first-order chi connectivity index (χ1) is 9.70. The first-order valence-corrected chi connectivity index (χ1v) is 6.72. The summed E-state index contributed by atoms with van der Waals surface area (Å²) in [6.45, 7) is 1.52. The average molecular weight is 272 g/mol. The lowest BCUT2D eigenvalue weighted by Crippen LogP contribution is -2.32. The van der Waals surface area contributed by atoms with Crippen molar-refractivity contribution in [2.45, 2.75) is 6.54 Å². The molecule has 0 aliphatic rings. The predicted octanol–water partition coefficient (Wildman–Crippen LogP) is 1.70. The Morgan fingerprint density at radius 3 is 2.55 bits per heavy atom. The summed E-state index contributed by atoms with van der Waals surface area (Å²) in [5.41, 5.74) is 1.83. The molecule has 0 saturated carbocycles. The van der Waals surface area contributed by atoms with Crippen LogP contribution in [0.25, 0.3) is 0 Å². The first-order valence-electron chi connectivity index (χ1n) is 6.72. The van der Waals surface area contributed by atoms with Gasteiger partial charge >= 0.3 is 0 Å². The molecule has 1 heterocycles. The Kier molecular flexibility index (Phi) is 5.09. The van der Waals surface area contributed by atoms with Crippen LogP contribution in [0, 0.1) is 0 Å². The minimum atomic E-state index is 0.0489. The lowest BCUT2D eigenvalue weighted by molar-refractivity contribution is 0.0900. The smallest absolute Gasteiger partial charge is 0.193 e. The number of aliphatic hydroxyl groups excluding tert-OH is 1. The molecule has 20 heavy (non-hydrogen) atoms. The molecule has 0 fully saturated rings. The van der Waals surface area contributed by atoms with Crippen LogP contribution >= 0.6 is 0 Å². The third kappa shape index (κ3) is 3.79. The van der Waals surface area contributed by atoms with Gasteiger partial charge in [0, 0.05) is 26.3 Å². The Balaban J connectivity index is 2.02. The molecule has 0 aliphatic heterocycles. The van der Waals surface area contributed by atoms with Crippen molar-refractivity contribution in [3.63, 3.8) is 0 Å². The highest BCUT2D eigenvalue weighted by Gasteiger charge is 2.14. The SMILES string of the molecule is Cn1cccc1C(=O)CN(CCO)Cc1ccccc1. The second-order valence-electron chi connectivity index (χ2n) is 4.85. The van der Waals surface area contributed by atoms with Crippen molar-refractivity contribution < 1.29 is 9.90 Å². The van der Waals surface area contributed by atoms with Crippen LogP contribution in [-0.4, -0.2) is 40.1 Å². The van der Waals surface area contributed by atoms with E-state index in [0.717, 1.165) is 5.56 Å². The molecule has 1 aromatic heterocycles. The fourth-order valence-electron chi connectivity index (χ4n) is 2.23. The number of carbonyl (C=O) groups is 1. The van der Waals surface area contributed by atoms with E-state index in [4.69, 9.17) is 5.11 Å². The van der Waals surface area contributed by atoms with Crippen molar-refractivity contribution in [3.8, 4) is 0 Å². The summed E-state index contributed by atoms with van der Waals surface area (Å²) in [6.07, 6.45) is 1.86. The van der Waals surface area contributed by atoms with Gasteiger partial charge in [0.25, 0.3) is 0 Å². The summed E-state index contributed by atoms with van der Waals surface area (Å²) in [5, 5.41) is 9.15. The van der Waals surface area contributed by atoms with E-state index < -0.39 is 0 Å². The molecule has 2 aromatic rings. The average Bonchev–Trinajstić information content (AvgIpc) is 2.86. The molecule has 0 amide bonds. The van der Waals surface area contributed by atoms with Crippen LogP contribution in [0.5, 0.6) is 0 Å². The van der Waals surface area contributed by atoms with E-state index in [2.05, 4.69) is 0 Å². The molecule has 1 aromatic carbocycles. The number of hydrogen-bond acceptors (Lipinski definition) is 3. The molecule has 1 N–H and O–H groups in total. The molecule has 2 rings (SSSR count). The molecular weight excluding hydrogens is 252 g/mol. The third-order valence-electron chi connectivity index (χ3n) is 3.26. The van der Waals surface area contributed by atoms with E-state index in [0.29, 0.717) is 25.3 Å². The van der Waals surface area contributed by atoms with E-state index >= 15 is 0 Å². The number of aryl methyl sites for hydroxylation is 1. The van der Waals surface area contributed by atoms with Crippen LogP contribution in [0.2, 0.25) is 0 Å². The number of aromatic nitrogens is 1. The molecule has 4 heteroatoms. The molecule has 0 aliphatic carbocycles. The van der Waals surface area contributed by atoms with Crippen LogP contribution in [-0.2, 0) is 13.6 Å². The maximum atomic E-state index is 12.3. The number of aliphatic hydroxyl groups is 1. The number of Topliss-reactive ketones (excluding diaryl/α,β-unsaturated/α-hetero) is 1. The summed E-state index contributed by atoms with van der Waals surface area (Å²) in [6, 6.07) is 13.7. The highest BCUT2D eigenvalue weighted by Crippen LogP contribution is 2.07. The van der Waals surface area contributed by atoms with Crippen molar-refractivity contribution >= 4 is 5.78 Å². The monoisotopic (exact) mass is 272 g/mol. The highest BCUT2D eigenvalue weighted by molar-refractivity contribution is 5.96. The Morgan fingerprint density at radius 1 is 1.20 bits per heavy atom. The Hall–Kier alpha value is -1.91. The summed E-state index contributed by atoms with van der Waals surface area (Å²) in [7, 11) is 1.86. The van der Waals surface area contributed by atoms with Gasteiger partial charge in [0.15, 0.2) is 5.78 Å². The Bertz CT molecular complexity index is 549. The summed E-state index contributed by atoms with van der Waals surface area (Å²) in [4.78, 5) is 14.2. The summed E-state index contributed by atoms with van der Waals surface area (Å²) in [5.74, 6) is 0.0712. The maximum absolute atomic E-state index is 12.3. The minimum Gasteiger partial charge on any atom is -0.395 e. The van der Waals surface area contributed by atoms with E-state index in [1.54, 1.807) is 0 Å². The van der Waals surface area contributed by atoms with Crippen LogP contribution in [0.1, 0.15) is 16.1 Å². The van der Waals surface area contributed by atoms with Crippen molar-refractivity contribution in [2.24, 2.45) is 7.05 Å². The molecule has 0 unspecified atom stereocenters. The predicted molar refractivity (Wildman–Crippen MR) is 78.5 cm³/mol. The molecule has 4 nitrogen and oxygen atoms in total. The standard InChI is InChI=1S/C16H20N2O2/c1-17-9-5-8-15(17)16(20)13-18(10-11-19)12-14-6-3-2-4-7-14/h2-9,19H,10-13H2,1H3. The van der Waals surface area contributed by atoms with Gasteiger partial charge in [0.2, 0.25) is 0 Å². The molecular formula is C16H20N2O2. The third-order valence-corrected chi connectivity index (χ3v) is 3.26. The molecule has 106 valence electrons. The van der Waals surface area contributed by atoms with E-state index in [9.17, 15) is 4.79 Å². The first kappa shape index (κ1) is 14.5. The fourth-order valence-corrected chi connectivity index (χ4v) is 2.23. The molecule has 0 spiro atoms. The lowest BCUT2D eigenvalue weighted by atomic mass is 10.2. The van der Waals surface area contributed by atoms with Gasteiger partial charge in [0.05, 0.1) is 18.8 Å². The lowest BCUT2D eigenvalue weighted by Gasteiger charge is -2.20. The number of carbonyl (C=O) groups excluding carboxylic acids is 1. The zero-order valence-corrected chi connectivity index (χ0v) is 11.7. The van der Waals surface area contributed by atoms with Gasteiger partial charge in [-0.3, -0.25) is 9.69 Å². The van der Waals surface area contributed by atoms with Gasteiger partial charge in [-0.1, -0.05) is 30.3 Å². The van der Waals surface area contributed by atoms with Gasteiger partial charge in [-0.05, 0) is 17.7 Å². The van der Waals surface area contributed by atoms with Crippen molar-refractivity contribution in [3.05, 3.63) is 59.9 Å². The van der Waals surface area contributed by atoms with Gasteiger partial charge in [-0.2, -0.15) is 0 Å². The van der Waals surface area contributed by atoms with Gasteiger partial charge in [-0.25, -0.2) is 0 Å². The number of ketones is 1. The van der Waals surface area contributed by atoms with Crippen LogP contribution in [0.15, 0.2) is 48.7 Å². The van der Waals surface area contributed by atoms with Crippen LogP contribution < -0.4 is 0 Å². The van der Waals surface area contributed by atoms with Gasteiger partial charge in [0.1, 0.15) is 0 Å². The second kappa shape index (κ2) is 7.03. The zero-order chi connectivity index (χ0) is 14.4. The van der Waals surface area contributed by atoms with Crippen molar-refractivity contribution in [2.75, 3.05) is 19.7 Å². The molecule has 0 saturated heterocycles. The summed E-state index contributed by atoms with van der Waals surface area (Å²) >= 11 is 0. The topological polar surface area (TPSA) is 45.5 Å². The van der Waals surface area contributed by atoms with E-state index in [-0.39, 0.29) is 12.4 Å². The molecule has 0 atom stereocenters. The normalized spacial score (nSPS) is 10.9. The zero-order valence-electron chi connectivity index (χ0n) is 11.7. The molecule has 0 radical (unpaired) electrons. The quantitative estimate of drug-likeness (QED) is 0.780. The Labute approximate surface area is 119 Å². The Morgan fingerprint density at radius 2 is 1.95 bits per heavy atom. The highest BCUT2D eigenvalue weighted by atomic mass is 16.3. The van der Waals surface area contributed by atoms with E-state index in [1.807, 2.05) is 65.2 Å². The van der Waals surface area contributed by atoms with Gasteiger partial charge in [-0.15, -0.1) is 0 Å². The van der Waals surface area contributed by atoms with Crippen LogP contribution in [0.4, 0.5) is 0 Å². The number of nitrogens with zero attached hydrogens (tertiary/aromatic N) is 2. The largest absolute Gasteiger partial charge is 0.395 e. The van der Waals surface area contributed by atoms with Gasteiger partial charge < -0.3 is 9.67 Å².